The third kappa shape index (κ3) is 3.47. The van der Waals surface area contributed by atoms with Crippen LogP contribution in [-0.4, -0.2) is 64.5 Å². The number of benzene rings is 1. The second-order valence-electron chi connectivity index (χ2n) is 5.51. The quantitative estimate of drug-likeness (QED) is 0.591. The van der Waals surface area contributed by atoms with Crippen LogP contribution in [0.4, 0.5) is 16.2 Å². The number of hydrogen-bond donors (Lipinski definition) is 0. The van der Waals surface area contributed by atoms with E-state index < -0.39 is 4.92 Å². The molecular formula is C14H15ClN4O4S. The van der Waals surface area contributed by atoms with Crippen molar-refractivity contribution in [2.45, 2.75) is 0 Å². The SMILES string of the molecule is O=C1CSC(=O)N1CN1CCN(c2ccc(Cl)cc2[N+](=O)[O-])CC1. The highest BCUT2D eigenvalue weighted by Crippen LogP contribution is 2.31. The second kappa shape index (κ2) is 6.96. The van der Waals surface area contributed by atoms with Crippen LogP contribution in [0, 0.1) is 10.1 Å². The number of carbonyl (C=O) groups is 2. The van der Waals surface area contributed by atoms with Gasteiger partial charge in [-0.25, -0.2) is 0 Å². The first-order valence-electron chi connectivity index (χ1n) is 7.34. The summed E-state index contributed by atoms with van der Waals surface area (Å²) in [6.07, 6.45) is 0. The number of amides is 2. The van der Waals surface area contributed by atoms with Crippen LogP contribution >= 0.6 is 23.4 Å². The van der Waals surface area contributed by atoms with Crippen molar-refractivity contribution in [3.8, 4) is 0 Å². The van der Waals surface area contributed by atoms with Gasteiger partial charge in [-0.05, 0) is 12.1 Å². The predicted octanol–water partition coefficient (Wildman–Crippen LogP) is 2.02. The number of anilines is 1. The minimum atomic E-state index is -0.438. The van der Waals surface area contributed by atoms with Crippen LogP contribution in [0.2, 0.25) is 5.02 Å². The molecule has 2 aliphatic rings. The lowest BCUT2D eigenvalue weighted by Gasteiger charge is -2.36. The Labute approximate surface area is 147 Å². The van der Waals surface area contributed by atoms with E-state index in [1.807, 2.05) is 9.80 Å². The molecule has 2 fully saturated rings. The summed E-state index contributed by atoms with van der Waals surface area (Å²) in [5.74, 6) is 0.0382. The largest absolute Gasteiger partial charge is 0.363 e. The fourth-order valence-electron chi connectivity index (χ4n) is 2.76. The maximum atomic E-state index is 11.7. The highest BCUT2D eigenvalue weighted by Gasteiger charge is 2.32. The first-order chi connectivity index (χ1) is 11.5. The molecule has 0 saturated carbocycles. The molecule has 0 unspecified atom stereocenters. The zero-order chi connectivity index (χ0) is 17.3. The van der Waals surface area contributed by atoms with E-state index in [4.69, 9.17) is 11.6 Å². The molecule has 2 saturated heterocycles. The molecule has 8 nitrogen and oxygen atoms in total. The zero-order valence-corrected chi connectivity index (χ0v) is 14.3. The normalized spacial score (nSPS) is 19.2. The van der Waals surface area contributed by atoms with E-state index in [0.29, 0.717) is 36.9 Å². The van der Waals surface area contributed by atoms with Crippen LogP contribution in [0.3, 0.4) is 0 Å². The lowest BCUT2D eigenvalue weighted by molar-refractivity contribution is -0.384. The van der Waals surface area contributed by atoms with E-state index in [1.165, 1.54) is 11.0 Å². The number of piperazine rings is 1. The summed E-state index contributed by atoms with van der Waals surface area (Å²) < 4.78 is 0. The molecular weight excluding hydrogens is 356 g/mol. The Hall–Kier alpha value is -1.84. The lowest BCUT2D eigenvalue weighted by Crippen LogP contribution is -2.51. The van der Waals surface area contributed by atoms with E-state index in [0.717, 1.165) is 11.8 Å². The van der Waals surface area contributed by atoms with Crippen molar-refractivity contribution in [2.24, 2.45) is 0 Å². The molecule has 2 amide bonds. The molecule has 3 rings (SSSR count). The zero-order valence-electron chi connectivity index (χ0n) is 12.7. The highest BCUT2D eigenvalue weighted by atomic mass is 35.5. The fraction of sp³-hybridized carbons (Fsp3) is 0.429. The molecule has 24 heavy (non-hydrogen) atoms. The van der Waals surface area contributed by atoms with Gasteiger partial charge >= 0.3 is 0 Å². The number of carbonyl (C=O) groups excluding carboxylic acids is 2. The van der Waals surface area contributed by atoms with Crippen LogP contribution < -0.4 is 4.90 Å². The van der Waals surface area contributed by atoms with Crippen molar-refractivity contribution in [1.29, 1.82) is 0 Å². The van der Waals surface area contributed by atoms with Gasteiger partial charge in [-0.2, -0.15) is 0 Å². The summed E-state index contributed by atoms with van der Waals surface area (Å²) in [6, 6.07) is 4.64. The summed E-state index contributed by atoms with van der Waals surface area (Å²) >= 11 is 6.86. The lowest BCUT2D eigenvalue weighted by atomic mass is 10.2. The van der Waals surface area contributed by atoms with Gasteiger partial charge in [-0.1, -0.05) is 23.4 Å². The first-order valence-corrected chi connectivity index (χ1v) is 8.70. The fourth-order valence-corrected chi connectivity index (χ4v) is 3.64. The number of rotatable bonds is 4. The minimum absolute atomic E-state index is 0.0164. The van der Waals surface area contributed by atoms with E-state index in [9.17, 15) is 19.7 Å². The molecule has 0 aliphatic carbocycles. The number of hydrogen-bond acceptors (Lipinski definition) is 7. The molecule has 0 bridgehead atoms. The van der Waals surface area contributed by atoms with Crippen LogP contribution in [0.1, 0.15) is 0 Å². The second-order valence-corrected chi connectivity index (χ2v) is 6.88. The van der Waals surface area contributed by atoms with Gasteiger partial charge in [-0.3, -0.25) is 29.5 Å². The van der Waals surface area contributed by atoms with E-state index in [-0.39, 0.29) is 29.3 Å². The first kappa shape index (κ1) is 17.0. The van der Waals surface area contributed by atoms with Crippen molar-refractivity contribution in [1.82, 2.24) is 9.80 Å². The summed E-state index contributed by atoms with van der Waals surface area (Å²) in [6.45, 7) is 2.65. The summed E-state index contributed by atoms with van der Waals surface area (Å²) in [4.78, 5) is 39.2. The van der Waals surface area contributed by atoms with Gasteiger partial charge in [0.25, 0.3) is 10.9 Å². The van der Waals surface area contributed by atoms with Gasteiger partial charge in [0.2, 0.25) is 5.91 Å². The standard InChI is InChI=1S/C14H15ClN4O4S/c15-10-1-2-11(12(7-10)19(22)23)17-5-3-16(4-6-17)9-18-13(20)8-24-14(18)21/h1-2,7H,3-6,8-9H2. The third-order valence-corrected chi connectivity index (χ3v) is 5.12. The number of nitro groups is 1. The summed E-state index contributed by atoms with van der Waals surface area (Å²) in [7, 11) is 0. The molecule has 1 aromatic carbocycles. The number of nitro benzene ring substituents is 1. The van der Waals surface area contributed by atoms with Crippen molar-refractivity contribution < 1.29 is 14.5 Å². The van der Waals surface area contributed by atoms with Crippen molar-refractivity contribution >= 4 is 45.9 Å². The van der Waals surface area contributed by atoms with Gasteiger partial charge in [0.05, 0.1) is 17.3 Å². The number of imide groups is 1. The number of halogens is 1. The van der Waals surface area contributed by atoms with Crippen LogP contribution in [-0.2, 0) is 4.79 Å². The van der Waals surface area contributed by atoms with Crippen molar-refractivity contribution in [3.63, 3.8) is 0 Å². The molecule has 0 N–H and O–H groups in total. The summed E-state index contributed by atoms with van der Waals surface area (Å²) in [5, 5.41) is 11.3. The van der Waals surface area contributed by atoms with Crippen LogP contribution in [0.25, 0.3) is 0 Å². The molecule has 0 aromatic heterocycles. The Bertz CT molecular complexity index is 677. The monoisotopic (exact) mass is 370 g/mol. The molecule has 2 heterocycles. The van der Waals surface area contributed by atoms with Crippen LogP contribution in [0.5, 0.6) is 0 Å². The number of nitrogens with zero attached hydrogens (tertiary/aromatic N) is 4. The van der Waals surface area contributed by atoms with Gasteiger partial charge in [0, 0.05) is 37.3 Å². The summed E-state index contributed by atoms with van der Waals surface area (Å²) in [5.41, 5.74) is 0.519. The van der Waals surface area contributed by atoms with Gasteiger partial charge in [0.1, 0.15) is 5.69 Å². The van der Waals surface area contributed by atoms with Crippen LogP contribution in [0.15, 0.2) is 18.2 Å². The minimum Gasteiger partial charge on any atom is -0.363 e. The Balaban J connectivity index is 1.64. The molecule has 2 aliphatic heterocycles. The van der Waals surface area contributed by atoms with E-state index in [2.05, 4.69) is 0 Å². The van der Waals surface area contributed by atoms with Crippen molar-refractivity contribution in [2.75, 3.05) is 43.5 Å². The molecule has 10 heteroatoms. The number of thioether (sulfide) groups is 1. The third-order valence-electron chi connectivity index (χ3n) is 4.03. The maximum Gasteiger partial charge on any atom is 0.294 e. The van der Waals surface area contributed by atoms with Gasteiger partial charge < -0.3 is 4.90 Å². The molecule has 0 radical (unpaired) electrons. The van der Waals surface area contributed by atoms with E-state index in [1.54, 1.807) is 12.1 Å². The molecule has 0 spiro atoms. The Morgan fingerprint density at radius 1 is 1.21 bits per heavy atom. The Kier molecular flexibility index (Phi) is 4.93. The maximum absolute atomic E-state index is 11.7. The molecule has 1 aromatic rings. The Morgan fingerprint density at radius 3 is 2.50 bits per heavy atom. The average molecular weight is 371 g/mol. The average Bonchev–Trinajstić information content (AvgIpc) is 2.87. The van der Waals surface area contributed by atoms with Gasteiger partial charge in [0.15, 0.2) is 0 Å². The molecule has 0 atom stereocenters. The van der Waals surface area contributed by atoms with Gasteiger partial charge in [-0.15, -0.1) is 0 Å². The Morgan fingerprint density at radius 2 is 1.92 bits per heavy atom. The topological polar surface area (TPSA) is 87.0 Å². The highest BCUT2D eigenvalue weighted by molar-refractivity contribution is 8.14. The van der Waals surface area contributed by atoms with E-state index >= 15 is 0 Å². The smallest absolute Gasteiger partial charge is 0.294 e. The predicted molar refractivity (Wildman–Crippen MR) is 91.5 cm³/mol. The molecule has 128 valence electrons. The van der Waals surface area contributed by atoms with Crippen molar-refractivity contribution in [3.05, 3.63) is 33.3 Å².